The van der Waals surface area contributed by atoms with Crippen LogP contribution in [-0.4, -0.2) is 38.6 Å². The number of carbonyl (C=O) groups excluding carboxylic acids is 1. The highest BCUT2D eigenvalue weighted by Crippen LogP contribution is 2.29. The van der Waals surface area contributed by atoms with Crippen molar-refractivity contribution in [2.24, 2.45) is 0 Å². The Morgan fingerprint density at radius 2 is 1.85 bits per heavy atom. The van der Waals surface area contributed by atoms with E-state index >= 15 is 0 Å². The lowest BCUT2D eigenvalue weighted by atomic mass is 10.1. The number of pyridine rings is 1. The molecule has 0 aliphatic rings. The lowest BCUT2D eigenvalue weighted by molar-refractivity contribution is 0.102. The number of benzene rings is 1. The van der Waals surface area contributed by atoms with Crippen LogP contribution in [0.1, 0.15) is 37.2 Å². The largest absolute Gasteiger partial charge is 0.357 e. The Kier molecular flexibility index (Phi) is 6.84. The zero-order valence-corrected chi connectivity index (χ0v) is 19.2. The first-order valence-corrected chi connectivity index (χ1v) is 11.2. The third kappa shape index (κ3) is 4.80. The summed E-state index contributed by atoms with van der Waals surface area (Å²) in [5, 5.41) is 7.48. The molecule has 7 nitrogen and oxygen atoms in total. The van der Waals surface area contributed by atoms with Crippen LogP contribution in [0.25, 0.3) is 16.9 Å². The van der Waals surface area contributed by atoms with Crippen LogP contribution >= 0.6 is 11.6 Å². The molecule has 1 N–H and O–H groups in total. The minimum absolute atomic E-state index is 0.169. The highest BCUT2D eigenvalue weighted by molar-refractivity contribution is 6.33. The number of imidazole rings is 1. The van der Waals surface area contributed by atoms with Crippen molar-refractivity contribution in [3.8, 4) is 11.3 Å². The third-order valence-electron chi connectivity index (χ3n) is 5.10. The van der Waals surface area contributed by atoms with Gasteiger partial charge in [0.05, 0.1) is 22.5 Å². The van der Waals surface area contributed by atoms with Gasteiger partial charge in [-0.25, -0.2) is 18.9 Å². The van der Waals surface area contributed by atoms with Crippen LogP contribution in [0.15, 0.2) is 54.7 Å². The van der Waals surface area contributed by atoms with E-state index in [2.05, 4.69) is 39.1 Å². The quantitative estimate of drug-likeness (QED) is 0.373. The minimum atomic E-state index is -0.495. The van der Waals surface area contributed by atoms with Crippen molar-refractivity contribution < 1.29 is 9.18 Å². The average molecular weight is 467 g/mol. The summed E-state index contributed by atoms with van der Waals surface area (Å²) in [6.07, 6.45) is 3.43. The van der Waals surface area contributed by atoms with E-state index in [9.17, 15) is 9.18 Å². The second kappa shape index (κ2) is 9.95. The molecule has 0 bridgehead atoms. The lowest BCUT2D eigenvalue weighted by Gasteiger charge is -2.22. The summed E-state index contributed by atoms with van der Waals surface area (Å²) >= 11 is 6.19. The van der Waals surface area contributed by atoms with Crippen molar-refractivity contribution in [3.63, 3.8) is 0 Å². The minimum Gasteiger partial charge on any atom is -0.357 e. The van der Waals surface area contributed by atoms with Gasteiger partial charge in [0.1, 0.15) is 17.5 Å². The maximum absolute atomic E-state index is 14.4. The summed E-state index contributed by atoms with van der Waals surface area (Å²) < 4.78 is 15.8. The number of hydrogen-bond acceptors (Lipinski definition) is 5. The summed E-state index contributed by atoms with van der Waals surface area (Å²) in [5.41, 5.74) is 1.12. The first kappa shape index (κ1) is 22.7. The third-order valence-corrected chi connectivity index (χ3v) is 5.42. The number of rotatable bonds is 8. The molecule has 1 amide bonds. The van der Waals surface area contributed by atoms with E-state index in [0.29, 0.717) is 17.2 Å². The van der Waals surface area contributed by atoms with Gasteiger partial charge >= 0.3 is 0 Å². The van der Waals surface area contributed by atoms with E-state index in [1.165, 1.54) is 22.8 Å². The molecule has 4 rings (SSSR count). The van der Waals surface area contributed by atoms with Gasteiger partial charge in [-0.15, -0.1) is 0 Å². The normalized spacial score (nSPS) is 11.0. The number of nitrogens with zero attached hydrogens (tertiary/aromatic N) is 5. The molecule has 0 aliphatic carbocycles. The predicted octanol–water partition coefficient (Wildman–Crippen LogP) is 5.46. The second-order valence-corrected chi connectivity index (χ2v) is 7.96. The molecule has 4 aromatic rings. The van der Waals surface area contributed by atoms with E-state index in [1.54, 1.807) is 24.3 Å². The van der Waals surface area contributed by atoms with Gasteiger partial charge in [-0.05, 0) is 49.2 Å². The molecule has 0 atom stereocenters. The Bertz CT molecular complexity index is 1260. The van der Waals surface area contributed by atoms with Crippen molar-refractivity contribution in [1.82, 2.24) is 19.6 Å². The maximum atomic E-state index is 14.4. The van der Waals surface area contributed by atoms with Gasteiger partial charge in [-0.2, -0.15) is 5.10 Å². The Balaban J connectivity index is 1.64. The van der Waals surface area contributed by atoms with Crippen LogP contribution < -0.4 is 10.2 Å². The van der Waals surface area contributed by atoms with Crippen molar-refractivity contribution in [1.29, 1.82) is 0 Å². The fourth-order valence-corrected chi connectivity index (χ4v) is 3.89. The van der Waals surface area contributed by atoms with Gasteiger partial charge in [0, 0.05) is 13.1 Å². The number of nitrogens with one attached hydrogen (secondary N) is 1. The standard InChI is InChI=1S/C24H24ClFN6O/c1-3-13-31(14-4-2)22-10-6-9-20(28-22)29-24(33)19-15-27-21-12-11-18(30-32(19)21)23-16(25)7-5-8-17(23)26/h5-12,15H,3-4,13-14H2,1-2H3,(H,28,29,33). The zero-order valence-electron chi connectivity index (χ0n) is 18.4. The fraction of sp³-hybridized carbons (Fsp3) is 0.250. The summed E-state index contributed by atoms with van der Waals surface area (Å²) in [4.78, 5) is 24.1. The van der Waals surface area contributed by atoms with Crippen LogP contribution in [0.2, 0.25) is 5.02 Å². The summed E-state index contributed by atoms with van der Waals surface area (Å²) in [6, 6.07) is 13.2. The van der Waals surface area contributed by atoms with Gasteiger partial charge in [0.2, 0.25) is 0 Å². The molecule has 0 aliphatic heterocycles. The van der Waals surface area contributed by atoms with Crippen LogP contribution in [0.5, 0.6) is 0 Å². The van der Waals surface area contributed by atoms with Crippen molar-refractivity contribution in [2.45, 2.75) is 26.7 Å². The molecular weight excluding hydrogens is 443 g/mol. The number of anilines is 2. The Morgan fingerprint density at radius 1 is 1.09 bits per heavy atom. The summed E-state index contributed by atoms with van der Waals surface area (Å²) in [7, 11) is 0. The van der Waals surface area contributed by atoms with Crippen LogP contribution in [0.4, 0.5) is 16.0 Å². The smallest absolute Gasteiger partial charge is 0.277 e. The van der Waals surface area contributed by atoms with E-state index in [1.807, 2.05) is 12.1 Å². The molecule has 3 aromatic heterocycles. The summed E-state index contributed by atoms with van der Waals surface area (Å²) in [5.74, 6) is 0.321. The number of carbonyl (C=O) groups is 1. The molecule has 3 heterocycles. The first-order chi connectivity index (χ1) is 16.0. The molecule has 1 aromatic carbocycles. The molecule has 0 spiro atoms. The Labute approximate surface area is 196 Å². The van der Waals surface area contributed by atoms with Gasteiger partial charge < -0.3 is 10.2 Å². The Morgan fingerprint density at radius 3 is 2.58 bits per heavy atom. The molecule has 170 valence electrons. The van der Waals surface area contributed by atoms with E-state index in [0.717, 1.165) is 31.7 Å². The van der Waals surface area contributed by atoms with E-state index in [4.69, 9.17) is 11.6 Å². The molecule has 0 radical (unpaired) electrons. The number of hydrogen-bond donors (Lipinski definition) is 1. The van der Waals surface area contributed by atoms with Crippen molar-refractivity contribution in [2.75, 3.05) is 23.3 Å². The molecule has 0 saturated carbocycles. The van der Waals surface area contributed by atoms with Crippen molar-refractivity contribution in [3.05, 3.63) is 71.3 Å². The highest BCUT2D eigenvalue weighted by Gasteiger charge is 2.18. The molecule has 33 heavy (non-hydrogen) atoms. The number of fused-ring (bicyclic) bond motifs is 1. The average Bonchev–Trinajstić information content (AvgIpc) is 3.22. The topological polar surface area (TPSA) is 75.4 Å². The van der Waals surface area contributed by atoms with Crippen molar-refractivity contribution >= 4 is 34.8 Å². The molecule has 0 fully saturated rings. The van der Waals surface area contributed by atoms with Crippen LogP contribution in [0.3, 0.4) is 0 Å². The molecule has 9 heteroatoms. The maximum Gasteiger partial charge on any atom is 0.277 e. The van der Waals surface area contributed by atoms with Gasteiger partial charge in [-0.1, -0.05) is 37.6 Å². The van der Waals surface area contributed by atoms with Gasteiger partial charge in [0.15, 0.2) is 11.3 Å². The Hall–Kier alpha value is -3.52. The van der Waals surface area contributed by atoms with Crippen LogP contribution in [-0.2, 0) is 0 Å². The molecule has 0 unspecified atom stereocenters. The van der Waals surface area contributed by atoms with Gasteiger partial charge in [-0.3, -0.25) is 4.79 Å². The fourth-order valence-electron chi connectivity index (χ4n) is 3.63. The monoisotopic (exact) mass is 466 g/mol. The van der Waals surface area contributed by atoms with E-state index in [-0.39, 0.29) is 16.3 Å². The second-order valence-electron chi connectivity index (χ2n) is 7.55. The zero-order chi connectivity index (χ0) is 23.4. The summed E-state index contributed by atoms with van der Waals surface area (Å²) in [6.45, 7) is 6.01. The molecule has 0 saturated heterocycles. The number of amides is 1. The number of aromatic nitrogens is 4. The number of halogens is 2. The SMILES string of the molecule is CCCN(CCC)c1cccc(NC(=O)c2cnc3ccc(-c4c(F)cccc4Cl)nn23)n1. The van der Waals surface area contributed by atoms with E-state index < -0.39 is 11.7 Å². The lowest BCUT2D eigenvalue weighted by Crippen LogP contribution is -2.26. The first-order valence-electron chi connectivity index (χ1n) is 10.8. The van der Waals surface area contributed by atoms with Crippen LogP contribution in [0, 0.1) is 5.82 Å². The molecular formula is C24H24ClFN6O. The predicted molar refractivity (Wildman–Crippen MR) is 128 cm³/mol. The highest BCUT2D eigenvalue weighted by atomic mass is 35.5. The van der Waals surface area contributed by atoms with Gasteiger partial charge in [0.25, 0.3) is 5.91 Å².